The molecule has 4 heterocycles. The normalized spacial score (nSPS) is 25.4. The average molecular weight is 672 g/mol. The average Bonchev–Trinajstić information content (AvgIpc) is 3.76. The van der Waals surface area contributed by atoms with Crippen molar-refractivity contribution in [1.82, 2.24) is 35.1 Å². The molecule has 2 saturated heterocycles. The summed E-state index contributed by atoms with van der Waals surface area (Å²) in [5, 5.41) is 14.6. The van der Waals surface area contributed by atoms with Crippen molar-refractivity contribution in [2.75, 3.05) is 7.11 Å². The molecule has 5 aromatic rings. The van der Waals surface area contributed by atoms with Gasteiger partial charge in [0.15, 0.2) is 0 Å². The van der Waals surface area contributed by atoms with Crippen LogP contribution in [0.1, 0.15) is 74.4 Å². The molecule has 7 atom stereocenters. The number of ether oxygens (including phenoxy) is 1. The summed E-state index contributed by atoms with van der Waals surface area (Å²) in [4.78, 5) is 57.8. The third kappa shape index (κ3) is 5.02. The van der Waals surface area contributed by atoms with Crippen molar-refractivity contribution in [2.24, 2.45) is 17.8 Å². The fraction of sp³-hybridized carbons (Fsp3) is 0.395. The number of carbonyl (C=O) groups is 3. The fourth-order valence-electron chi connectivity index (χ4n) is 8.32. The molecule has 1 unspecified atom stereocenters. The van der Waals surface area contributed by atoms with Crippen molar-refractivity contribution in [2.45, 2.75) is 69.7 Å². The molecule has 2 aliphatic carbocycles. The number of hydrogen-bond donors (Lipinski definition) is 4. The monoisotopic (exact) mass is 671 g/mol. The Balaban J connectivity index is 0.953. The summed E-state index contributed by atoms with van der Waals surface area (Å²) in [6.07, 6.45) is 2.08. The standard InChI is InChI=1S/C38H37N7O5/c1-18(2)32(43-37(47)50-3)36(46)44-28-14-22(28)16-30(44)34-39-25-10-7-20(13-27(25)41-34)5-4-19-6-9-24-21(12-19)8-11-26-33(24)42-35(40-26)31-17-23-15-29(23)45(31)38(48)49/h6-13,18,22-23,28-32H,14-17H2,1-3H3,(H,39,41)(H,40,42)(H,43,47)(H,48,49)/t22-,23?,28-,29-,30+,31+,32+/m1/s1. The zero-order valence-corrected chi connectivity index (χ0v) is 27.9. The first-order chi connectivity index (χ1) is 24.2. The second-order valence-electron chi connectivity index (χ2n) is 14.5. The van der Waals surface area contributed by atoms with Crippen molar-refractivity contribution in [3.8, 4) is 11.8 Å². The van der Waals surface area contributed by atoms with E-state index >= 15 is 0 Å². The molecule has 2 aromatic heterocycles. The lowest BCUT2D eigenvalue weighted by molar-refractivity contribution is -0.136. The van der Waals surface area contributed by atoms with Gasteiger partial charge in [-0.05, 0) is 85.2 Å². The Morgan fingerprint density at radius 1 is 0.860 bits per heavy atom. The van der Waals surface area contributed by atoms with Gasteiger partial charge in [-0.3, -0.25) is 9.69 Å². The first kappa shape index (κ1) is 30.5. The van der Waals surface area contributed by atoms with Crippen LogP contribution in [0.5, 0.6) is 0 Å². The number of carboxylic acid groups (broad SMARTS) is 1. The van der Waals surface area contributed by atoms with Gasteiger partial charge in [0.25, 0.3) is 0 Å². The molecule has 3 aromatic carbocycles. The van der Waals surface area contributed by atoms with E-state index in [9.17, 15) is 19.5 Å². The highest BCUT2D eigenvalue weighted by Crippen LogP contribution is 2.54. The second kappa shape index (κ2) is 11.2. The smallest absolute Gasteiger partial charge is 0.408 e. The van der Waals surface area contributed by atoms with Crippen LogP contribution in [-0.2, 0) is 9.53 Å². The summed E-state index contributed by atoms with van der Waals surface area (Å²) in [6.45, 7) is 3.83. The van der Waals surface area contributed by atoms with E-state index in [-0.39, 0.29) is 36.0 Å². The van der Waals surface area contributed by atoms with Crippen LogP contribution in [-0.4, -0.2) is 78.2 Å². The molecule has 9 rings (SSSR count). The van der Waals surface area contributed by atoms with E-state index in [1.54, 1.807) is 4.90 Å². The Labute approximate surface area is 287 Å². The van der Waals surface area contributed by atoms with E-state index in [1.165, 1.54) is 7.11 Å². The van der Waals surface area contributed by atoms with Gasteiger partial charge in [-0.1, -0.05) is 37.8 Å². The predicted molar refractivity (Wildman–Crippen MR) is 185 cm³/mol. The SMILES string of the molecule is COC(=O)N[C@H](C(=O)N1[C@@H]2C[C@@H]2C[C@H]1c1nc2cc(C#Cc3ccc4c(ccc5nc([C@@H]6CC7C[C@H]7N6C(=O)O)[nH]c54)c3)ccc2[nH]1)C(C)C. The number of amides is 3. The predicted octanol–water partition coefficient (Wildman–Crippen LogP) is 5.85. The largest absolute Gasteiger partial charge is 0.465 e. The Morgan fingerprint density at radius 3 is 2.24 bits per heavy atom. The van der Waals surface area contributed by atoms with E-state index in [0.717, 1.165) is 75.5 Å². The highest BCUT2D eigenvalue weighted by Gasteiger charge is 2.57. The van der Waals surface area contributed by atoms with Crippen molar-refractivity contribution in [3.63, 3.8) is 0 Å². The summed E-state index contributed by atoms with van der Waals surface area (Å²) >= 11 is 0. The van der Waals surface area contributed by atoms with Gasteiger partial charge >= 0.3 is 12.2 Å². The quantitative estimate of drug-likeness (QED) is 0.171. The van der Waals surface area contributed by atoms with E-state index in [4.69, 9.17) is 14.7 Å². The van der Waals surface area contributed by atoms with Gasteiger partial charge in [0.05, 0.1) is 41.3 Å². The number of alkyl carbamates (subject to hydrolysis) is 1. The molecule has 254 valence electrons. The molecule has 0 spiro atoms. The van der Waals surface area contributed by atoms with Gasteiger partial charge in [-0.15, -0.1) is 0 Å². The molecule has 4 N–H and O–H groups in total. The Hall–Kier alpha value is -5.57. The zero-order valence-electron chi connectivity index (χ0n) is 27.9. The van der Waals surface area contributed by atoms with Gasteiger partial charge in [0.1, 0.15) is 17.7 Å². The Morgan fingerprint density at radius 2 is 1.52 bits per heavy atom. The number of benzene rings is 3. The van der Waals surface area contributed by atoms with E-state index in [0.29, 0.717) is 17.7 Å². The summed E-state index contributed by atoms with van der Waals surface area (Å²) < 4.78 is 4.79. The van der Waals surface area contributed by atoms with Gasteiger partial charge in [-0.25, -0.2) is 19.6 Å². The van der Waals surface area contributed by atoms with Crippen LogP contribution in [0.2, 0.25) is 0 Å². The first-order valence-electron chi connectivity index (χ1n) is 17.3. The Kier molecular flexibility index (Phi) is 6.85. The number of nitrogens with one attached hydrogen (secondary N) is 3. The van der Waals surface area contributed by atoms with Crippen LogP contribution in [0.15, 0.2) is 48.5 Å². The molecule has 0 bridgehead atoms. The molecule has 12 nitrogen and oxygen atoms in total. The lowest BCUT2D eigenvalue weighted by Gasteiger charge is -2.31. The number of H-pyrrole nitrogens is 2. The van der Waals surface area contributed by atoms with Crippen molar-refractivity contribution in [3.05, 3.63) is 71.3 Å². The summed E-state index contributed by atoms with van der Waals surface area (Å²) in [5.74, 6) is 8.72. The zero-order chi connectivity index (χ0) is 34.4. The molecule has 2 aliphatic heterocycles. The maximum atomic E-state index is 13.8. The molecule has 3 amide bonds. The highest BCUT2D eigenvalue weighted by molar-refractivity contribution is 6.04. The van der Waals surface area contributed by atoms with Crippen LogP contribution < -0.4 is 5.32 Å². The van der Waals surface area contributed by atoms with Crippen molar-refractivity contribution >= 4 is 50.9 Å². The third-order valence-electron chi connectivity index (χ3n) is 11.1. The minimum Gasteiger partial charge on any atom is -0.465 e. The van der Waals surface area contributed by atoms with Crippen molar-refractivity contribution in [1.29, 1.82) is 0 Å². The number of fused-ring (bicyclic) bond motifs is 6. The molecule has 4 fully saturated rings. The van der Waals surface area contributed by atoms with Crippen LogP contribution in [0, 0.1) is 29.6 Å². The maximum Gasteiger partial charge on any atom is 0.408 e. The number of likely N-dealkylation sites (tertiary alicyclic amines) is 2. The molecule has 2 saturated carbocycles. The fourth-order valence-corrected chi connectivity index (χ4v) is 8.32. The van der Waals surface area contributed by atoms with E-state index < -0.39 is 18.2 Å². The van der Waals surface area contributed by atoms with Crippen LogP contribution in [0.3, 0.4) is 0 Å². The molecule has 50 heavy (non-hydrogen) atoms. The number of hydrogen-bond acceptors (Lipinski definition) is 6. The minimum absolute atomic E-state index is 0.0993. The number of rotatable bonds is 5. The van der Waals surface area contributed by atoms with Gasteiger partial charge in [0, 0.05) is 28.6 Å². The number of aromatic nitrogens is 4. The van der Waals surface area contributed by atoms with Crippen LogP contribution >= 0.6 is 0 Å². The molecular formula is C38H37N7O5. The highest BCUT2D eigenvalue weighted by atomic mass is 16.5. The number of imidazole rings is 2. The number of aromatic amines is 2. The molecule has 4 aliphatic rings. The number of methoxy groups -OCH3 is 1. The van der Waals surface area contributed by atoms with Crippen molar-refractivity contribution < 1.29 is 24.2 Å². The summed E-state index contributed by atoms with van der Waals surface area (Å²) in [5.41, 5.74) is 5.08. The van der Waals surface area contributed by atoms with Crippen LogP contribution in [0.4, 0.5) is 9.59 Å². The molecule has 12 heteroatoms. The third-order valence-corrected chi connectivity index (χ3v) is 11.1. The lowest BCUT2D eigenvalue weighted by Crippen LogP contribution is -2.52. The van der Waals surface area contributed by atoms with E-state index in [2.05, 4.69) is 33.2 Å². The number of piperidine rings is 2. The van der Waals surface area contributed by atoms with Gasteiger partial charge in [0.2, 0.25) is 5.91 Å². The topological polar surface area (TPSA) is 157 Å². The number of carbonyl (C=O) groups excluding carboxylic acids is 2. The van der Waals surface area contributed by atoms with Gasteiger partial charge in [-0.2, -0.15) is 0 Å². The molecule has 0 radical (unpaired) electrons. The van der Waals surface area contributed by atoms with Crippen LogP contribution in [0.25, 0.3) is 32.8 Å². The van der Waals surface area contributed by atoms with Gasteiger partial charge < -0.3 is 30.0 Å². The first-order valence-corrected chi connectivity index (χ1v) is 17.3. The second-order valence-corrected chi connectivity index (χ2v) is 14.5. The Bertz CT molecular complexity index is 2300. The maximum absolute atomic E-state index is 13.8. The molecular weight excluding hydrogens is 634 g/mol. The van der Waals surface area contributed by atoms with E-state index in [1.807, 2.05) is 61.2 Å². The minimum atomic E-state index is -0.879. The lowest BCUT2D eigenvalue weighted by atomic mass is 10.0. The summed E-state index contributed by atoms with van der Waals surface area (Å²) in [6, 6.07) is 15.2. The number of nitrogens with zero attached hydrogens (tertiary/aromatic N) is 4. The summed E-state index contributed by atoms with van der Waals surface area (Å²) in [7, 11) is 1.30.